The summed E-state index contributed by atoms with van der Waals surface area (Å²) in [7, 11) is 0. The van der Waals surface area contributed by atoms with Gasteiger partial charge in [-0.3, -0.25) is 0 Å². The Bertz CT molecular complexity index is 764. The number of aliphatic hydroxyl groups excluding tert-OH is 1. The molecule has 1 heterocycles. The Labute approximate surface area is 127 Å². The van der Waals surface area contributed by atoms with Crippen LogP contribution in [0.3, 0.4) is 0 Å². The number of para-hydroxylation sites is 1. The zero-order valence-electron chi connectivity index (χ0n) is 10.7. The van der Waals surface area contributed by atoms with Gasteiger partial charge in [0.15, 0.2) is 0 Å². The monoisotopic (exact) mass is 305 g/mol. The van der Waals surface area contributed by atoms with Crippen molar-refractivity contribution in [1.82, 2.24) is 4.57 Å². The molecule has 0 spiro atoms. The maximum absolute atomic E-state index is 9.45. The lowest BCUT2D eigenvalue weighted by Crippen LogP contribution is -1.98. The second-order valence-corrected chi connectivity index (χ2v) is 5.46. The van der Waals surface area contributed by atoms with Gasteiger partial charge >= 0.3 is 0 Å². The van der Waals surface area contributed by atoms with Crippen LogP contribution in [-0.4, -0.2) is 9.67 Å². The molecule has 3 aromatic rings. The van der Waals surface area contributed by atoms with Gasteiger partial charge in [0.05, 0.1) is 16.7 Å². The largest absolute Gasteiger partial charge is 0.392 e. The van der Waals surface area contributed by atoms with Gasteiger partial charge in [-0.2, -0.15) is 0 Å². The second kappa shape index (κ2) is 5.49. The van der Waals surface area contributed by atoms with Crippen LogP contribution in [-0.2, 0) is 13.2 Å². The molecule has 0 aliphatic heterocycles. The highest BCUT2D eigenvalue weighted by molar-refractivity contribution is 6.42. The first kappa shape index (κ1) is 13.5. The molecular weight excluding hydrogens is 293 g/mol. The van der Waals surface area contributed by atoms with E-state index in [1.165, 1.54) is 0 Å². The van der Waals surface area contributed by atoms with Gasteiger partial charge < -0.3 is 9.67 Å². The topological polar surface area (TPSA) is 25.2 Å². The van der Waals surface area contributed by atoms with Crippen LogP contribution in [0.15, 0.2) is 48.7 Å². The number of hydrogen-bond acceptors (Lipinski definition) is 1. The minimum absolute atomic E-state index is 0.0246. The van der Waals surface area contributed by atoms with Crippen molar-refractivity contribution >= 4 is 34.1 Å². The molecule has 0 saturated carbocycles. The smallest absolute Gasteiger partial charge is 0.0702 e. The summed E-state index contributed by atoms with van der Waals surface area (Å²) >= 11 is 12.3. The molecule has 3 rings (SSSR count). The fraction of sp³-hybridized carbons (Fsp3) is 0.125. The van der Waals surface area contributed by atoms with E-state index in [4.69, 9.17) is 23.2 Å². The molecule has 1 aromatic heterocycles. The van der Waals surface area contributed by atoms with Gasteiger partial charge in [0.1, 0.15) is 0 Å². The number of hydrogen-bond donors (Lipinski definition) is 1. The molecule has 102 valence electrons. The number of aliphatic hydroxyl groups is 1. The van der Waals surface area contributed by atoms with Gasteiger partial charge in [-0.25, -0.2) is 0 Å². The van der Waals surface area contributed by atoms with Gasteiger partial charge in [0, 0.05) is 29.2 Å². The SMILES string of the molecule is OCc1cn(Cc2cccc(Cl)c2Cl)c2ccccc12. The molecule has 0 aliphatic carbocycles. The molecule has 1 N–H and O–H groups in total. The van der Waals surface area contributed by atoms with E-state index in [0.29, 0.717) is 16.6 Å². The van der Waals surface area contributed by atoms with Crippen LogP contribution < -0.4 is 0 Å². The van der Waals surface area contributed by atoms with Crippen molar-refractivity contribution in [3.05, 3.63) is 69.8 Å². The Kier molecular flexibility index (Phi) is 3.70. The summed E-state index contributed by atoms with van der Waals surface area (Å²) in [6.07, 6.45) is 1.96. The number of benzene rings is 2. The summed E-state index contributed by atoms with van der Waals surface area (Å²) in [5.41, 5.74) is 2.95. The summed E-state index contributed by atoms with van der Waals surface area (Å²) in [6.45, 7) is 0.650. The molecule has 0 unspecified atom stereocenters. The van der Waals surface area contributed by atoms with Crippen LogP contribution in [0.1, 0.15) is 11.1 Å². The van der Waals surface area contributed by atoms with Gasteiger partial charge in [-0.15, -0.1) is 0 Å². The fourth-order valence-electron chi connectivity index (χ4n) is 2.43. The van der Waals surface area contributed by atoms with Crippen molar-refractivity contribution in [3.8, 4) is 0 Å². The van der Waals surface area contributed by atoms with Crippen LogP contribution in [0, 0.1) is 0 Å². The van der Waals surface area contributed by atoms with E-state index in [1.807, 2.05) is 42.6 Å². The van der Waals surface area contributed by atoms with Crippen molar-refractivity contribution in [2.45, 2.75) is 13.2 Å². The number of rotatable bonds is 3. The lowest BCUT2D eigenvalue weighted by molar-refractivity contribution is 0.283. The van der Waals surface area contributed by atoms with Crippen molar-refractivity contribution in [2.75, 3.05) is 0 Å². The summed E-state index contributed by atoms with van der Waals surface area (Å²) in [5, 5.41) is 11.7. The molecule has 0 fully saturated rings. The molecule has 2 aromatic carbocycles. The summed E-state index contributed by atoms with van der Waals surface area (Å²) in [5.74, 6) is 0. The Hall–Kier alpha value is -1.48. The van der Waals surface area contributed by atoms with E-state index < -0.39 is 0 Å². The molecule has 0 saturated heterocycles. The highest BCUT2D eigenvalue weighted by atomic mass is 35.5. The van der Waals surface area contributed by atoms with Gasteiger partial charge in [0.25, 0.3) is 0 Å². The minimum atomic E-state index is 0.0246. The maximum Gasteiger partial charge on any atom is 0.0702 e. The molecule has 20 heavy (non-hydrogen) atoms. The predicted octanol–water partition coefficient (Wildman–Crippen LogP) is 4.49. The zero-order chi connectivity index (χ0) is 14.1. The maximum atomic E-state index is 9.45. The van der Waals surface area contributed by atoms with Crippen molar-refractivity contribution in [2.24, 2.45) is 0 Å². The Morgan fingerprint density at radius 3 is 2.55 bits per heavy atom. The van der Waals surface area contributed by atoms with E-state index in [-0.39, 0.29) is 6.61 Å². The molecule has 0 radical (unpaired) electrons. The van der Waals surface area contributed by atoms with E-state index in [1.54, 1.807) is 6.07 Å². The van der Waals surface area contributed by atoms with E-state index in [0.717, 1.165) is 22.0 Å². The van der Waals surface area contributed by atoms with Crippen LogP contribution in [0.25, 0.3) is 10.9 Å². The van der Waals surface area contributed by atoms with Crippen LogP contribution in [0.2, 0.25) is 10.0 Å². The molecule has 2 nitrogen and oxygen atoms in total. The van der Waals surface area contributed by atoms with Crippen molar-refractivity contribution in [1.29, 1.82) is 0 Å². The molecule has 0 aliphatic rings. The normalized spacial score (nSPS) is 11.2. The number of nitrogens with zero attached hydrogens (tertiary/aromatic N) is 1. The standard InChI is InChI=1S/C16H13Cl2NO/c17-14-6-3-4-11(16(14)18)8-19-9-12(10-20)13-5-1-2-7-15(13)19/h1-7,9,20H,8,10H2. The summed E-state index contributed by atoms with van der Waals surface area (Å²) < 4.78 is 2.08. The van der Waals surface area contributed by atoms with Crippen LogP contribution in [0.4, 0.5) is 0 Å². The van der Waals surface area contributed by atoms with E-state index in [9.17, 15) is 5.11 Å². The number of fused-ring (bicyclic) bond motifs is 1. The Morgan fingerprint density at radius 1 is 0.950 bits per heavy atom. The van der Waals surface area contributed by atoms with E-state index >= 15 is 0 Å². The third-order valence-corrected chi connectivity index (χ3v) is 4.27. The second-order valence-electron chi connectivity index (χ2n) is 4.67. The minimum Gasteiger partial charge on any atom is -0.392 e. The third kappa shape index (κ3) is 2.31. The molecule has 4 heteroatoms. The predicted molar refractivity (Wildman–Crippen MR) is 83.4 cm³/mol. The van der Waals surface area contributed by atoms with Crippen LogP contribution >= 0.6 is 23.2 Å². The molecular formula is C16H13Cl2NO. The van der Waals surface area contributed by atoms with Gasteiger partial charge in [-0.1, -0.05) is 53.5 Å². The van der Waals surface area contributed by atoms with Crippen LogP contribution in [0.5, 0.6) is 0 Å². The van der Waals surface area contributed by atoms with Crippen molar-refractivity contribution < 1.29 is 5.11 Å². The lowest BCUT2D eigenvalue weighted by atomic mass is 10.2. The highest BCUT2D eigenvalue weighted by Gasteiger charge is 2.10. The highest BCUT2D eigenvalue weighted by Crippen LogP contribution is 2.28. The first-order valence-corrected chi connectivity index (χ1v) is 7.07. The molecule has 0 bridgehead atoms. The first-order valence-electron chi connectivity index (χ1n) is 6.31. The quantitative estimate of drug-likeness (QED) is 0.758. The Morgan fingerprint density at radius 2 is 1.75 bits per heavy atom. The van der Waals surface area contributed by atoms with E-state index in [2.05, 4.69) is 4.57 Å². The fourth-order valence-corrected chi connectivity index (χ4v) is 2.81. The number of aromatic nitrogens is 1. The van der Waals surface area contributed by atoms with Crippen molar-refractivity contribution in [3.63, 3.8) is 0 Å². The Balaban J connectivity index is 2.09. The average Bonchev–Trinajstić information content (AvgIpc) is 2.82. The molecule has 0 atom stereocenters. The molecule has 0 amide bonds. The lowest BCUT2D eigenvalue weighted by Gasteiger charge is -2.08. The summed E-state index contributed by atoms with van der Waals surface area (Å²) in [4.78, 5) is 0. The number of halogens is 2. The van der Waals surface area contributed by atoms with Gasteiger partial charge in [0.2, 0.25) is 0 Å². The summed E-state index contributed by atoms with van der Waals surface area (Å²) in [6, 6.07) is 13.6. The van der Waals surface area contributed by atoms with Gasteiger partial charge in [-0.05, 0) is 17.7 Å². The third-order valence-electron chi connectivity index (χ3n) is 3.41. The average molecular weight is 306 g/mol. The zero-order valence-corrected chi connectivity index (χ0v) is 12.2. The first-order chi connectivity index (χ1) is 9.70.